The summed E-state index contributed by atoms with van der Waals surface area (Å²) >= 11 is 0. The van der Waals surface area contributed by atoms with Gasteiger partial charge in [0.15, 0.2) is 0 Å². The predicted molar refractivity (Wildman–Crippen MR) is 120 cm³/mol. The average molecular weight is 415 g/mol. The van der Waals surface area contributed by atoms with Crippen LogP contribution >= 0.6 is 0 Å². The number of rotatable bonds is 6. The maximum atomic E-state index is 12.5. The number of methoxy groups -OCH3 is 1. The monoisotopic (exact) mass is 415 g/mol. The molecule has 158 valence electrons. The van der Waals surface area contributed by atoms with Crippen molar-refractivity contribution < 1.29 is 14.3 Å². The van der Waals surface area contributed by atoms with Gasteiger partial charge in [-0.25, -0.2) is 0 Å². The number of fused-ring (bicyclic) bond motifs is 1. The molecule has 1 aliphatic heterocycles. The Morgan fingerprint density at radius 1 is 1.13 bits per heavy atom. The Morgan fingerprint density at radius 3 is 2.61 bits per heavy atom. The summed E-state index contributed by atoms with van der Waals surface area (Å²) in [6.45, 7) is 2.98. The van der Waals surface area contributed by atoms with E-state index in [0.29, 0.717) is 25.1 Å². The Labute approximate surface area is 181 Å². The first kappa shape index (κ1) is 20.6. The van der Waals surface area contributed by atoms with Gasteiger partial charge in [0, 0.05) is 48.6 Å². The van der Waals surface area contributed by atoms with Crippen LogP contribution < -0.4 is 15.0 Å². The molecule has 6 nitrogen and oxygen atoms in total. The topological polar surface area (TPSA) is 71.5 Å². The zero-order valence-electron chi connectivity index (χ0n) is 17.7. The van der Waals surface area contributed by atoms with Gasteiger partial charge in [-0.3, -0.25) is 14.6 Å². The number of amides is 2. The maximum absolute atomic E-state index is 12.5. The van der Waals surface area contributed by atoms with Crippen LogP contribution in [0.25, 0.3) is 11.1 Å². The molecule has 0 unspecified atom stereocenters. The molecule has 31 heavy (non-hydrogen) atoms. The minimum atomic E-state index is -0.134. The normalized spacial score (nSPS) is 12.4. The van der Waals surface area contributed by atoms with E-state index < -0.39 is 0 Å². The van der Waals surface area contributed by atoms with Crippen molar-refractivity contribution in [3.8, 4) is 16.9 Å². The van der Waals surface area contributed by atoms with Gasteiger partial charge in [0.2, 0.25) is 5.91 Å². The Bertz CT molecular complexity index is 1100. The van der Waals surface area contributed by atoms with Crippen molar-refractivity contribution in [2.75, 3.05) is 18.6 Å². The van der Waals surface area contributed by atoms with E-state index >= 15 is 0 Å². The number of aromatic nitrogens is 1. The van der Waals surface area contributed by atoms with Gasteiger partial charge in [-0.2, -0.15) is 0 Å². The molecule has 0 aliphatic carbocycles. The molecule has 2 amide bonds. The van der Waals surface area contributed by atoms with Gasteiger partial charge in [0.1, 0.15) is 5.75 Å². The Balaban J connectivity index is 1.54. The van der Waals surface area contributed by atoms with Gasteiger partial charge in [-0.15, -0.1) is 0 Å². The molecule has 0 bridgehead atoms. The molecule has 6 heteroatoms. The van der Waals surface area contributed by atoms with E-state index in [4.69, 9.17) is 4.74 Å². The third-order valence-electron chi connectivity index (χ3n) is 5.55. The molecule has 0 fully saturated rings. The average Bonchev–Trinajstić information content (AvgIpc) is 3.26. The molecule has 1 aliphatic rings. The van der Waals surface area contributed by atoms with Crippen molar-refractivity contribution in [3.63, 3.8) is 0 Å². The molecule has 0 atom stereocenters. The number of ether oxygens (including phenoxy) is 1. The Kier molecular flexibility index (Phi) is 5.98. The molecule has 2 heterocycles. The number of nitrogens with one attached hydrogen (secondary N) is 1. The van der Waals surface area contributed by atoms with Crippen molar-refractivity contribution in [3.05, 3.63) is 77.6 Å². The summed E-state index contributed by atoms with van der Waals surface area (Å²) in [5.74, 6) is 0.776. The van der Waals surface area contributed by atoms with E-state index in [0.717, 1.165) is 40.1 Å². The first-order chi connectivity index (χ1) is 15.1. The number of anilines is 1. The van der Waals surface area contributed by atoms with Gasteiger partial charge in [-0.1, -0.05) is 25.1 Å². The van der Waals surface area contributed by atoms with Crippen molar-refractivity contribution >= 4 is 17.5 Å². The number of benzene rings is 2. The van der Waals surface area contributed by atoms with Crippen molar-refractivity contribution in [2.24, 2.45) is 0 Å². The van der Waals surface area contributed by atoms with Crippen molar-refractivity contribution in [1.29, 1.82) is 0 Å². The first-order valence-electron chi connectivity index (χ1n) is 10.4. The molecule has 0 radical (unpaired) electrons. The third kappa shape index (κ3) is 4.14. The summed E-state index contributed by atoms with van der Waals surface area (Å²) in [5.41, 5.74) is 5.44. The minimum Gasteiger partial charge on any atom is -0.496 e. The SMILES string of the molecule is CCC(=O)N1CCc2c1ccc(-c1ccc(C(=O)NCc3cccnc3)cc1)c2OC. The number of carbonyl (C=O) groups excluding carboxylic acids is 2. The van der Waals surface area contributed by atoms with Crippen molar-refractivity contribution in [2.45, 2.75) is 26.3 Å². The molecule has 1 N–H and O–H groups in total. The lowest BCUT2D eigenvalue weighted by Gasteiger charge is -2.18. The zero-order chi connectivity index (χ0) is 21.8. The van der Waals surface area contributed by atoms with Crippen LogP contribution in [0, 0.1) is 0 Å². The molecule has 1 aromatic heterocycles. The van der Waals surface area contributed by atoms with Gasteiger partial charge in [-0.05, 0) is 47.9 Å². The molecule has 4 rings (SSSR count). The molecular weight excluding hydrogens is 390 g/mol. The summed E-state index contributed by atoms with van der Waals surface area (Å²) in [4.78, 5) is 30.6. The fourth-order valence-electron chi connectivity index (χ4n) is 3.95. The molecule has 3 aromatic rings. The predicted octanol–water partition coefficient (Wildman–Crippen LogP) is 3.99. The van der Waals surface area contributed by atoms with Crippen LogP contribution in [0.5, 0.6) is 5.75 Å². The van der Waals surface area contributed by atoms with E-state index in [1.807, 2.05) is 60.4 Å². The zero-order valence-corrected chi connectivity index (χ0v) is 17.7. The molecule has 0 saturated carbocycles. The fourth-order valence-corrected chi connectivity index (χ4v) is 3.95. The van der Waals surface area contributed by atoms with E-state index in [1.165, 1.54) is 0 Å². The molecule has 2 aromatic carbocycles. The van der Waals surface area contributed by atoms with E-state index in [9.17, 15) is 9.59 Å². The Morgan fingerprint density at radius 2 is 1.94 bits per heavy atom. The number of pyridine rings is 1. The lowest BCUT2D eigenvalue weighted by Crippen LogP contribution is -2.27. The second-order valence-corrected chi connectivity index (χ2v) is 7.41. The van der Waals surface area contributed by atoms with E-state index in [-0.39, 0.29) is 11.8 Å². The second kappa shape index (κ2) is 9.00. The number of carbonyl (C=O) groups is 2. The largest absolute Gasteiger partial charge is 0.496 e. The Hall–Kier alpha value is -3.67. The third-order valence-corrected chi connectivity index (χ3v) is 5.55. The number of nitrogens with zero attached hydrogens (tertiary/aromatic N) is 2. The van der Waals surface area contributed by atoms with Crippen molar-refractivity contribution in [1.82, 2.24) is 10.3 Å². The molecule has 0 saturated heterocycles. The fraction of sp³-hybridized carbons (Fsp3) is 0.240. The van der Waals surface area contributed by atoms with Crippen LogP contribution in [0.2, 0.25) is 0 Å². The van der Waals surface area contributed by atoms with E-state index in [2.05, 4.69) is 10.3 Å². The minimum absolute atomic E-state index is 0.121. The molecule has 0 spiro atoms. The van der Waals surface area contributed by atoms with Crippen LogP contribution in [0.4, 0.5) is 5.69 Å². The maximum Gasteiger partial charge on any atom is 0.251 e. The van der Waals surface area contributed by atoms with Crippen LogP contribution in [-0.2, 0) is 17.8 Å². The highest BCUT2D eigenvalue weighted by Crippen LogP contribution is 2.42. The lowest BCUT2D eigenvalue weighted by atomic mass is 9.98. The number of hydrogen-bond donors (Lipinski definition) is 1. The summed E-state index contributed by atoms with van der Waals surface area (Å²) in [7, 11) is 1.66. The summed E-state index contributed by atoms with van der Waals surface area (Å²) in [6, 6.07) is 15.2. The lowest BCUT2D eigenvalue weighted by molar-refractivity contribution is -0.118. The second-order valence-electron chi connectivity index (χ2n) is 7.41. The van der Waals surface area contributed by atoms with Gasteiger partial charge < -0.3 is 15.0 Å². The highest BCUT2D eigenvalue weighted by Gasteiger charge is 2.28. The van der Waals surface area contributed by atoms with Crippen LogP contribution in [0.15, 0.2) is 60.9 Å². The van der Waals surface area contributed by atoms with Gasteiger partial charge in [0.25, 0.3) is 5.91 Å². The first-order valence-corrected chi connectivity index (χ1v) is 10.4. The van der Waals surface area contributed by atoms with E-state index in [1.54, 1.807) is 19.5 Å². The summed E-state index contributed by atoms with van der Waals surface area (Å²) in [5, 5.41) is 2.91. The summed E-state index contributed by atoms with van der Waals surface area (Å²) in [6.07, 6.45) is 4.69. The smallest absolute Gasteiger partial charge is 0.251 e. The highest BCUT2D eigenvalue weighted by atomic mass is 16.5. The highest BCUT2D eigenvalue weighted by molar-refractivity contribution is 5.97. The standard InChI is InChI=1S/C25H25N3O3/c1-3-23(29)28-14-12-21-22(28)11-10-20(24(21)31-2)18-6-8-19(9-7-18)25(30)27-16-17-5-4-13-26-15-17/h4-11,13,15H,3,12,14,16H2,1-2H3,(H,27,30). The van der Waals surface area contributed by atoms with Crippen LogP contribution in [0.1, 0.15) is 34.8 Å². The summed E-state index contributed by atoms with van der Waals surface area (Å²) < 4.78 is 5.75. The molecular formula is C25H25N3O3. The van der Waals surface area contributed by atoms with Gasteiger partial charge >= 0.3 is 0 Å². The number of hydrogen-bond acceptors (Lipinski definition) is 4. The van der Waals surface area contributed by atoms with Crippen LogP contribution in [-0.4, -0.2) is 30.5 Å². The quantitative estimate of drug-likeness (QED) is 0.661. The van der Waals surface area contributed by atoms with Gasteiger partial charge in [0.05, 0.1) is 12.8 Å². The van der Waals surface area contributed by atoms with Crippen LogP contribution in [0.3, 0.4) is 0 Å².